The third-order valence-corrected chi connectivity index (χ3v) is 4.20. The van der Waals surface area contributed by atoms with E-state index in [1.807, 2.05) is 0 Å². The molecule has 1 atom stereocenters. The van der Waals surface area contributed by atoms with Crippen molar-refractivity contribution >= 4 is 28.7 Å². The third kappa shape index (κ3) is 1.87. The van der Waals surface area contributed by atoms with E-state index in [1.165, 1.54) is 27.3 Å². The minimum Gasteiger partial charge on any atom is -0.232 e. The highest BCUT2D eigenvalue weighted by Gasteiger charge is 2.32. The molecule has 1 N–H and O–H groups in total. The predicted molar refractivity (Wildman–Crippen MR) is 82.1 cm³/mol. The Morgan fingerprint density at radius 1 is 1.00 bits per heavy atom. The van der Waals surface area contributed by atoms with E-state index in [-0.39, 0.29) is 0 Å². The van der Waals surface area contributed by atoms with Gasteiger partial charge in [-0.3, -0.25) is 0 Å². The van der Waals surface area contributed by atoms with Crippen molar-refractivity contribution in [3.63, 3.8) is 0 Å². The van der Waals surface area contributed by atoms with Crippen LogP contribution in [-0.2, 0) is 13.7 Å². The molecule has 3 aromatic rings. The van der Waals surface area contributed by atoms with Crippen molar-refractivity contribution in [1.82, 2.24) is 4.57 Å². The summed E-state index contributed by atoms with van der Waals surface area (Å²) in [5.41, 5.74) is 5.15. The van der Waals surface area contributed by atoms with Crippen LogP contribution < -0.4 is 9.47 Å². The molecule has 104 valence electrons. The number of nitrogens with one attached hydrogen (secondary N) is 1. The molecule has 0 bridgehead atoms. The first-order chi connectivity index (χ1) is 10.2. The standard InChI is InChI=1S/C17H18N4/c1-18-11-20(16-9-5-3-7-14(16)18)13-21-12-19(2)15-8-4-6-10-17(15)21/h3-12H,13H2,1-2H3/q+2/p+1. The van der Waals surface area contributed by atoms with Crippen LogP contribution in [0.1, 0.15) is 0 Å². The molecule has 1 aromatic heterocycles. The van der Waals surface area contributed by atoms with Crippen LogP contribution in [0, 0.1) is 0 Å². The molecule has 0 radical (unpaired) electrons. The van der Waals surface area contributed by atoms with Crippen molar-refractivity contribution in [3.05, 3.63) is 54.9 Å². The SMILES string of the molecule is C[N+]1=C[NH+](Cn2c[n+](C)c3ccccc32)c2ccccc21. The van der Waals surface area contributed by atoms with Crippen molar-refractivity contribution in [2.45, 2.75) is 6.67 Å². The Labute approximate surface area is 123 Å². The quantitative estimate of drug-likeness (QED) is 0.673. The zero-order valence-electron chi connectivity index (χ0n) is 12.3. The Balaban J connectivity index is 1.77. The summed E-state index contributed by atoms with van der Waals surface area (Å²) in [5, 5.41) is 0. The molecule has 1 aliphatic heterocycles. The number of rotatable bonds is 2. The average Bonchev–Trinajstić information content (AvgIpc) is 3.00. The minimum atomic E-state index is 0.892. The molecule has 21 heavy (non-hydrogen) atoms. The maximum absolute atomic E-state index is 2.32. The summed E-state index contributed by atoms with van der Waals surface area (Å²) < 4.78 is 6.70. The summed E-state index contributed by atoms with van der Waals surface area (Å²) in [7, 11) is 4.21. The summed E-state index contributed by atoms with van der Waals surface area (Å²) in [6.45, 7) is 0.892. The van der Waals surface area contributed by atoms with Crippen LogP contribution >= 0.6 is 0 Å². The molecule has 4 heteroatoms. The Hall–Kier alpha value is -2.46. The largest absolute Gasteiger partial charge is 0.339 e. The van der Waals surface area contributed by atoms with Gasteiger partial charge in [-0.1, -0.05) is 24.3 Å². The number of aryl methyl sites for hydroxylation is 1. The first-order valence-electron chi connectivity index (χ1n) is 7.20. The lowest BCUT2D eigenvalue weighted by molar-refractivity contribution is -0.761. The molecule has 1 aliphatic rings. The lowest BCUT2D eigenvalue weighted by atomic mass is 10.2. The Morgan fingerprint density at radius 2 is 1.76 bits per heavy atom. The molecule has 0 saturated heterocycles. The monoisotopic (exact) mass is 279 g/mol. The van der Waals surface area contributed by atoms with Gasteiger partial charge in [-0.05, 0) is 12.1 Å². The Morgan fingerprint density at radius 3 is 2.67 bits per heavy atom. The first kappa shape index (κ1) is 12.3. The lowest BCUT2D eigenvalue weighted by Gasteiger charge is -2.03. The highest BCUT2D eigenvalue weighted by molar-refractivity contribution is 5.71. The van der Waals surface area contributed by atoms with Crippen molar-refractivity contribution in [2.24, 2.45) is 7.05 Å². The highest BCUT2D eigenvalue weighted by Crippen LogP contribution is 2.21. The van der Waals surface area contributed by atoms with Crippen LogP contribution in [0.25, 0.3) is 11.0 Å². The van der Waals surface area contributed by atoms with Crippen molar-refractivity contribution in [2.75, 3.05) is 7.05 Å². The molecule has 2 heterocycles. The van der Waals surface area contributed by atoms with E-state index in [4.69, 9.17) is 0 Å². The zero-order chi connectivity index (χ0) is 14.4. The van der Waals surface area contributed by atoms with Crippen molar-refractivity contribution < 1.29 is 14.0 Å². The fourth-order valence-electron chi connectivity index (χ4n) is 3.20. The first-order valence-corrected chi connectivity index (χ1v) is 7.20. The van der Waals surface area contributed by atoms with Crippen LogP contribution in [-0.4, -0.2) is 22.5 Å². The summed E-state index contributed by atoms with van der Waals surface area (Å²) in [5.74, 6) is 0. The average molecular weight is 279 g/mol. The van der Waals surface area contributed by atoms with Crippen molar-refractivity contribution in [3.8, 4) is 0 Å². The van der Waals surface area contributed by atoms with Gasteiger partial charge in [-0.2, -0.15) is 9.47 Å². The number of hydrogen-bond donors (Lipinski definition) is 1. The second-order valence-electron chi connectivity index (χ2n) is 5.63. The number of nitrogens with zero attached hydrogens (tertiary/aromatic N) is 3. The van der Waals surface area contributed by atoms with Gasteiger partial charge in [0, 0.05) is 12.1 Å². The van der Waals surface area contributed by atoms with Gasteiger partial charge in [-0.25, -0.2) is 4.57 Å². The second kappa shape index (κ2) is 4.53. The van der Waals surface area contributed by atoms with Crippen LogP contribution in [0.5, 0.6) is 0 Å². The molecule has 0 saturated carbocycles. The third-order valence-electron chi connectivity index (χ3n) is 4.20. The van der Waals surface area contributed by atoms with Crippen LogP contribution in [0.4, 0.5) is 11.4 Å². The number of fused-ring (bicyclic) bond motifs is 2. The molecule has 0 fully saturated rings. The van der Waals surface area contributed by atoms with Gasteiger partial charge in [0.05, 0.1) is 7.05 Å². The summed E-state index contributed by atoms with van der Waals surface area (Å²) in [4.78, 5) is 1.36. The van der Waals surface area contributed by atoms with Crippen molar-refractivity contribution in [1.29, 1.82) is 0 Å². The van der Waals surface area contributed by atoms with E-state index in [0.717, 1.165) is 6.67 Å². The number of aromatic nitrogens is 2. The summed E-state index contributed by atoms with van der Waals surface area (Å²) in [6.07, 6.45) is 4.41. The van der Waals surface area contributed by atoms with Crippen LogP contribution in [0.2, 0.25) is 0 Å². The smallest absolute Gasteiger partial charge is 0.232 e. The van der Waals surface area contributed by atoms with E-state index in [1.54, 1.807) is 0 Å². The number of para-hydroxylation sites is 4. The van der Waals surface area contributed by atoms with E-state index >= 15 is 0 Å². The van der Waals surface area contributed by atoms with E-state index in [0.29, 0.717) is 0 Å². The molecule has 0 spiro atoms. The molecule has 2 aromatic carbocycles. The minimum absolute atomic E-state index is 0.892. The molecular weight excluding hydrogens is 260 g/mol. The number of imidazole rings is 1. The summed E-state index contributed by atoms with van der Waals surface area (Å²) >= 11 is 0. The molecule has 0 amide bonds. The van der Waals surface area contributed by atoms with Crippen LogP contribution in [0.15, 0.2) is 54.9 Å². The zero-order valence-corrected chi connectivity index (χ0v) is 12.3. The van der Waals surface area contributed by atoms with Gasteiger partial charge in [0.1, 0.15) is 7.05 Å². The Kier molecular flexibility index (Phi) is 2.65. The fraction of sp³-hybridized carbons (Fsp3) is 0.176. The Bertz CT molecular complexity index is 860. The topological polar surface area (TPSA) is 16.3 Å². The van der Waals surface area contributed by atoms with Gasteiger partial charge in [0.15, 0.2) is 11.0 Å². The maximum atomic E-state index is 2.32. The molecule has 4 nitrogen and oxygen atoms in total. The lowest BCUT2D eigenvalue weighted by Crippen LogP contribution is -3.04. The molecule has 4 rings (SSSR count). The van der Waals surface area contributed by atoms with E-state index in [2.05, 4.69) is 89.0 Å². The van der Waals surface area contributed by atoms with Crippen LogP contribution in [0.3, 0.4) is 0 Å². The highest BCUT2D eigenvalue weighted by atomic mass is 15.3. The number of benzene rings is 2. The van der Waals surface area contributed by atoms with E-state index < -0.39 is 0 Å². The van der Waals surface area contributed by atoms with Gasteiger partial charge < -0.3 is 0 Å². The van der Waals surface area contributed by atoms with E-state index in [9.17, 15) is 0 Å². The van der Waals surface area contributed by atoms with Gasteiger partial charge in [0.25, 0.3) is 5.69 Å². The fourth-order valence-corrected chi connectivity index (χ4v) is 3.20. The number of quaternary nitrogens is 1. The normalized spacial score (nSPS) is 17.0. The summed E-state index contributed by atoms with van der Waals surface area (Å²) in [6, 6.07) is 17.1. The molecule has 1 unspecified atom stereocenters. The van der Waals surface area contributed by atoms with Gasteiger partial charge in [-0.15, -0.1) is 4.58 Å². The van der Waals surface area contributed by atoms with Gasteiger partial charge in [0.2, 0.25) is 18.7 Å². The molecular formula is C17H19N4+3. The predicted octanol–water partition coefficient (Wildman–Crippen LogP) is 0.956. The number of hydrogen-bond acceptors (Lipinski definition) is 0. The second-order valence-corrected chi connectivity index (χ2v) is 5.63. The molecule has 0 aliphatic carbocycles. The van der Waals surface area contributed by atoms with Gasteiger partial charge >= 0.3 is 6.34 Å². The maximum Gasteiger partial charge on any atom is 0.339 e.